The van der Waals surface area contributed by atoms with Crippen molar-refractivity contribution < 1.29 is 33.9 Å². The Bertz CT molecular complexity index is 1110. The zero-order chi connectivity index (χ0) is 22.0. The number of thiocarbonyl (C=S) groups is 1. The van der Waals surface area contributed by atoms with Gasteiger partial charge < -0.3 is 14.6 Å². The van der Waals surface area contributed by atoms with Gasteiger partial charge in [-0.05, 0) is 12.1 Å². The fraction of sp³-hybridized carbons (Fsp3) is 0.111. The largest absolute Gasteiger partial charge is 0.481 e. The summed E-state index contributed by atoms with van der Waals surface area (Å²) >= 11 is 5.88. The minimum Gasteiger partial charge on any atom is -0.481 e. The fourth-order valence-electron chi connectivity index (χ4n) is 2.69. The predicted molar refractivity (Wildman–Crippen MR) is 109 cm³/mol. The van der Waals surface area contributed by atoms with E-state index in [0.717, 1.165) is 16.7 Å². The molecular weight excluding hydrogens is 436 g/mol. The van der Waals surface area contributed by atoms with Crippen LogP contribution in [0.4, 0.5) is 5.69 Å². The molecule has 1 fully saturated rings. The Morgan fingerprint density at radius 1 is 1.30 bits per heavy atom. The summed E-state index contributed by atoms with van der Waals surface area (Å²) in [7, 11) is 0. The second-order valence-electron chi connectivity index (χ2n) is 6.01. The maximum Gasteiger partial charge on any atom is 0.327 e. The maximum atomic E-state index is 12.6. The van der Waals surface area contributed by atoms with Crippen LogP contribution in [-0.4, -0.2) is 48.2 Å². The highest BCUT2D eigenvalue weighted by Crippen LogP contribution is 2.35. The van der Waals surface area contributed by atoms with Crippen molar-refractivity contribution in [3.05, 3.63) is 57.2 Å². The molecule has 12 heteroatoms. The van der Waals surface area contributed by atoms with Crippen LogP contribution in [0.2, 0.25) is 0 Å². The quantitative estimate of drug-likeness (QED) is 0.280. The molecule has 1 aliphatic rings. The Morgan fingerprint density at radius 3 is 2.67 bits per heavy atom. The normalized spacial score (nSPS) is 16.1. The number of carboxylic acid groups (broad SMARTS) is 2. The number of amides is 1. The van der Waals surface area contributed by atoms with Crippen LogP contribution >= 0.6 is 24.0 Å². The van der Waals surface area contributed by atoms with Gasteiger partial charge in [-0.1, -0.05) is 36.1 Å². The van der Waals surface area contributed by atoms with Crippen LogP contribution in [0.1, 0.15) is 12.2 Å². The van der Waals surface area contributed by atoms with Gasteiger partial charge in [-0.2, -0.15) is 0 Å². The molecule has 10 nitrogen and oxygen atoms in total. The van der Waals surface area contributed by atoms with E-state index in [1.54, 1.807) is 12.1 Å². The number of thioether (sulfide) groups is 1. The molecule has 30 heavy (non-hydrogen) atoms. The van der Waals surface area contributed by atoms with Crippen molar-refractivity contribution in [1.29, 1.82) is 0 Å². The van der Waals surface area contributed by atoms with Gasteiger partial charge in [-0.15, -0.1) is 0 Å². The van der Waals surface area contributed by atoms with Gasteiger partial charge in [0.1, 0.15) is 21.9 Å². The van der Waals surface area contributed by atoms with Gasteiger partial charge in [0.25, 0.3) is 11.6 Å². The molecule has 1 amide bonds. The molecule has 1 saturated heterocycles. The van der Waals surface area contributed by atoms with Gasteiger partial charge in [0.15, 0.2) is 0 Å². The molecule has 0 bridgehead atoms. The van der Waals surface area contributed by atoms with Crippen molar-refractivity contribution in [2.45, 2.75) is 12.5 Å². The summed E-state index contributed by atoms with van der Waals surface area (Å²) in [6.45, 7) is 0. The van der Waals surface area contributed by atoms with E-state index < -0.39 is 35.2 Å². The first kappa shape index (κ1) is 21.2. The van der Waals surface area contributed by atoms with Crippen LogP contribution in [0.15, 0.2) is 45.7 Å². The molecule has 0 spiro atoms. The molecule has 154 valence electrons. The van der Waals surface area contributed by atoms with E-state index in [1.807, 2.05) is 0 Å². The first-order valence-electron chi connectivity index (χ1n) is 8.23. The Balaban J connectivity index is 1.86. The van der Waals surface area contributed by atoms with Gasteiger partial charge in [-0.3, -0.25) is 24.6 Å². The number of furan rings is 1. The summed E-state index contributed by atoms with van der Waals surface area (Å²) in [6.07, 6.45) is 0.548. The molecule has 0 saturated carbocycles. The number of carbonyl (C=O) groups excluding carboxylic acids is 1. The van der Waals surface area contributed by atoms with Gasteiger partial charge >= 0.3 is 11.9 Å². The van der Waals surface area contributed by atoms with Crippen molar-refractivity contribution in [3.63, 3.8) is 0 Å². The highest BCUT2D eigenvalue weighted by atomic mass is 32.2. The maximum absolute atomic E-state index is 12.6. The number of benzene rings is 1. The fourth-order valence-corrected chi connectivity index (χ4v) is 4.03. The number of carboxylic acids is 2. The lowest BCUT2D eigenvalue weighted by Gasteiger charge is -2.21. The third kappa shape index (κ3) is 4.39. The molecule has 1 atom stereocenters. The average molecular weight is 448 g/mol. The van der Waals surface area contributed by atoms with E-state index in [0.29, 0.717) is 11.3 Å². The molecule has 0 radical (unpaired) electrons. The van der Waals surface area contributed by atoms with Crippen LogP contribution in [-0.2, 0) is 14.4 Å². The number of nitro groups is 1. The zero-order valence-electron chi connectivity index (χ0n) is 14.9. The highest BCUT2D eigenvalue weighted by molar-refractivity contribution is 8.26. The van der Waals surface area contributed by atoms with E-state index in [-0.39, 0.29) is 20.7 Å². The second-order valence-corrected chi connectivity index (χ2v) is 7.69. The number of hydrogen-bond acceptors (Lipinski definition) is 8. The van der Waals surface area contributed by atoms with Gasteiger partial charge in [-0.25, -0.2) is 4.79 Å². The molecule has 1 unspecified atom stereocenters. The summed E-state index contributed by atoms with van der Waals surface area (Å²) < 4.78 is 5.54. The molecule has 2 aromatic rings. The first-order chi connectivity index (χ1) is 14.2. The lowest BCUT2D eigenvalue weighted by atomic mass is 10.1. The summed E-state index contributed by atoms with van der Waals surface area (Å²) in [4.78, 5) is 46.2. The Labute approximate surface area is 177 Å². The van der Waals surface area contributed by atoms with E-state index >= 15 is 0 Å². The number of nitrogens with zero attached hydrogens (tertiary/aromatic N) is 2. The van der Waals surface area contributed by atoms with E-state index in [4.69, 9.17) is 21.7 Å². The lowest BCUT2D eigenvalue weighted by molar-refractivity contribution is -0.384. The molecule has 2 heterocycles. The molecule has 3 rings (SSSR count). The van der Waals surface area contributed by atoms with Crippen LogP contribution in [0, 0.1) is 10.1 Å². The summed E-state index contributed by atoms with van der Waals surface area (Å²) in [5.41, 5.74) is 0.355. The van der Waals surface area contributed by atoms with Crippen LogP contribution in [0.5, 0.6) is 0 Å². The van der Waals surface area contributed by atoms with Crippen LogP contribution in [0.25, 0.3) is 17.4 Å². The topological polar surface area (TPSA) is 151 Å². The number of non-ortho nitro benzene ring substituents is 1. The monoisotopic (exact) mass is 448 g/mol. The number of nitro benzene ring substituents is 1. The summed E-state index contributed by atoms with van der Waals surface area (Å²) in [5.74, 6) is -3.04. The first-order valence-corrected chi connectivity index (χ1v) is 9.46. The summed E-state index contributed by atoms with van der Waals surface area (Å²) in [5, 5.41) is 29.1. The average Bonchev–Trinajstić information content (AvgIpc) is 3.25. The highest BCUT2D eigenvalue weighted by Gasteiger charge is 2.41. The van der Waals surface area contributed by atoms with Gasteiger partial charge in [0.05, 0.1) is 16.2 Å². The molecule has 0 aliphatic carbocycles. The van der Waals surface area contributed by atoms with Gasteiger partial charge in [0.2, 0.25) is 0 Å². The predicted octanol–water partition coefficient (Wildman–Crippen LogP) is 2.98. The van der Waals surface area contributed by atoms with Crippen molar-refractivity contribution in [1.82, 2.24) is 4.90 Å². The van der Waals surface area contributed by atoms with Gasteiger partial charge in [0, 0.05) is 23.8 Å². The van der Waals surface area contributed by atoms with Crippen molar-refractivity contribution >= 4 is 57.9 Å². The number of aliphatic carboxylic acids is 2. The number of hydrogen-bond donors (Lipinski definition) is 2. The minimum atomic E-state index is -1.63. The van der Waals surface area contributed by atoms with Crippen molar-refractivity contribution in [3.8, 4) is 11.3 Å². The summed E-state index contributed by atoms with van der Waals surface area (Å²) in [6, 6.07) is 7.29. The van der Waals surface area contributed by atoms with E-state index in [1.165, 1.54) is 30.3 Å². The lowest BCUT2D eigenvalue weighted by Crippen LogP contribution is -2.45. The zero-order valence-corrected chi connectivity index (χ0v) is 16.5. The number of rotatable bonds is 7. The second kappa shape index (κ2) is 8.47. The Hall–Kier alpha value is -3.51. The molecule has 1 aromatic heterocycles. The molecule has 1 aromatic carbocycles. The smallest absolute Gasteiger partial charge is 0.327 e. The van der Waals surface area contributed by atoms with Crippen LogP contribution in [0.3, 0.4) is 0 Å². The Kier molecular flexibility index (Phi) is 5.99. The minimum absolute atomic E-state index is 0.0663. The molecule has 2 N–H and O–H groups in total. The van der Waals surface area contributed by atoms with Crippen molar-refractivity contribution in [2.24, 2.45) is 0 Å². The molecular formula is C18H12N2O8S2. The third-order valence-corrected chi connectivity index (χ3v) is 5.36. The van der Waals surface area contributed by atoms with Crippen molar-refractivity contribution in [2.75, 3.05) is 0 Å². The molecule has 1 aliphatic heterocycles. The number of carbonyl (C=O) groups is 3. The van der Waals surface area contributed by atoms with Crippen LogP contribution < -0.4 is 0 Å². The SMILES string of the molecule is O=C(O)CC(C(=O)O)N1C(=O)C(=Cc2ccc(-c3cccc([N+](=O)[O-])c3)o2)SC1=S. The Morgan fingerprint density at radius 2 is 2.03 bits per heavy atom. The van der Waals surface area contributed by atoms with E-state index in [9.17, 15) is 29.6 Å². The third-order valence-electron chi connectivity index (χ3n) is 4.03. The van der Waals surface area contributed by atoms with E-state index in [2.05, 4.69) is 0 Å². The standard InChI is InChI=1S/C18H12N2O8S2/c21-15(22)8-12(17(24)25)19-16(23)14(30-18(19)29)7-11-4-5-13(28-11)9-2-1-3-10(6-9)20(26)27/h1-7,12H,8H2,(H,21,22)(H,24,25).